The second-order valence-electron chi connectivity index (χ2n) is 11.7. The smallest absolute Gasteiger partial charge is 0.490 e. The third-order valence-corrected chi connectivity index (χ3v) is 10.9. The molecule has 0 fully saturated rings. The molecule has 0 radical (unpaired) electrons. The maximum absolute atomic E-state index is 12.6. The van der Waals surface area contributed by atoms with Gasteiger partial charge in [-0.2, -0.15) is 5.10 Å². The monoisotopic (exact) mass is 582 g/mol. The number of carbonyl (C=O) groups excluding carboxylic acids is 1. The third kappa shape index (κ3) is 8.34. The number of amides is 1. The van der Waals surface area contributed by atoms with Crippen molar-refractivity contribution in [3.8, 4) is 17.2 Å². The molecule has 0 bridgehead atoms. The Bertz CT molecular complexity index is 1310. The van der Waals surface area contributed by atoms with Crippen LogP contribution in [0.1, 0.15) is 47.2 Å². The summed E-state index contributed by atoms with van der Waals surface area (Å²) in [6.07, 6.45) is -3.88. The summed E-state index contributed by atoms with van der Waals surface area (Å²) >= 11 is 0. The van der Waals surface area contributed by atoms with Crippen molar-refractivity contribution < 1.29 is 36.6 Å². The lowest BCUT2D eigenvalue weighted by Gasteiger charge is -2.36. The van der Waals surface area contributed by atoms with Crippen LogP contribution in [-0.4, -0.2) is 54.4 Å². The van der Waals surface area contributed by atoms with Crippen molar-refractivity contribution in [2.45, 2.75) is 78.2 Å². The fourth-order valence-corrected chi connectivity index (χ4v) is 4.46. The zero-order chi connectivity index (χ0) is 29.9. The highest BCUT2D eigenvalue weighted by Crippen LogP contribution is 2.36. The first-order valence-electron chi connectivity index (χ1n) is 12.8. The molecular formula is C27H37F3N4O5Si. The van der Waals surface area contributed by atoms with Crippen LogP contribution in [0.15, 0.2) is 36.5 Å². The molecule has 0 atom stereocenters. The maximum atomic E-state index is 12.6. The standard InChI is InChI=1S/C27H37F3N4O5Si/c1-25(2,3)39-24(35)32-17-20-22-21(36-15-16-37-40(7,8)26(4,5)6)13-14-31-23(22)34(33-20)18-9-11-19(12-10-18)38-27(28,29)30/h9-14H,15-17H2,1-8H3,(H,32,35). The number of aromatic nitrogens is 3. The number of carbonyl (C=O) groups is 1. The highest BCUT2D eigenvalue weighted by atomic mass is 28.4. The summed E-state index contributed by atoms with van der Waals surface area (Å²) < 4.78 is 60.9. The normalized spacial score (nSPS) is 12.9. The van der Waals surface area contributed by atoms with E-state index < -0.39 is 26.4 Å². The zero-order valence-corrected chi connectivity index (χ0v) is 25.1. The molecular weight excluding hydrogens is 545 g/mol. The van der Waals surface area contributed by atoms with Gasteiger partial charge in [0, 0.05) is 6.20 Å². The van der Waals surface area contributed by atoms with Gasteiger partial charge in [-0.05, 0) is 69.2 Å². The van der Waals surface area contributed by atoms with Crippen molar-refractivity contribution >= 4 is 25.4 Å². The van der Waals surface area contributed by atoms with Gasteiger partial charge in [0.2, 0.25) is 0 Å². The largest absolute Gasteiger partial charge is 0.573 e. The van der Waals surface area contributed by atoms with Crippen LogP contribution >= 0.6 is 0 Å². The number of nitrogens with one attached hydrogen (secondary N) is 1. The molecule has 220 valence electrons. The lowest BCUT2D eigenvalue weighted by Crippen LogP contribution is -2.41. The average molecular weight is 583 g/mol. The Morgan fingerprint density at radius 3 is 2.23 bits per heavy atom. The Morgan fingerprint density at radius 2 is 1.65 bits per heavy atom. The highest BCUT2D eigenvalue weighted by molar-refractivity contribution is 6.74. The second kappa shape index (κ2) is 11.7. The Labute approximate surface area is 233 Å². The van der Waals surface area contributed by atoms with Gasteiger partial charge in [-0.1, -0.05) is 20.8 Å². The minimum absolute atomic E-state index is 0.00377. The van der Waals surface area contributed by atoms with Crippen LogP contribution in [0.25, 0.3) is 16.7 Å². The van der Waals surface area contributed by atoms with E-state index in [2.05, 4.69) is 54.0 Å². The van der Waals surface area contributed by atoms with Gasteiger partial charge in [-0.3, -0.25) is 0 Å². The number of rotatable bonds is 9. The van der Waals surface area contributed by atoms with Gasteiger partial charge in [0.25, 0.3) is 0 Å². The number of alkyl halides is 3. The lowest BCUT2D eigenvalue weighted by atomic mass is 10.2. The summed E-state index contributed by atoms with van der Waals surface area (Å²) in [5, 5.41) is 7.90. The van der Waals surface area contributed by atoms with Crippen molar-refractivity contribution in [1.82, 2.24) is 20.1 Å². The number of fused-ring (bicyclic) bond motifs is 1. The third-order valence-electron chi connectivity index (χ3n) is 6.33. The number of ether oxygens (including phenoxy) is 3. The molecule has 0 saturated carbocycles. The van der Waals surface area contributed by atoms with Crippen molar-refractivity contribution in [1.29, 1.82) is 0 Å². The van der Waals surface area contributed by atoms with E-state index >= 15 is 0 Å². The summed E-state index contributed by atoms with van der Waals surface area (Å²) in [5.74, 6) is 0.117. The Kier molecular flexibility index (Phi) is 9.09. The number of benzene rings is 1. The van der Waals surface area contributed by atoms with E-state index in [9.17, 15) is 18.0 Å². The summed E-state index contributed by atoms with van der Waals surface area (Å²) in [7, 11) is -1.96. The van der Waals surface area contributed by atoms with Crippen LogP contribution in [0.4, 0.5) is 18.0 Å². The van der Waals surface area contributed by atoms with Crippen LogP contribution < -0.4 is 14.8 Å². The molecule has 3 aromatic rings. The molecule has 1 N–H and O–H groups in total. The van der Waals surface area contributed by atoms with Gasteiger partial charge in [-0.25, -0.2) is 14.5 Å². The number of alkyl carbamates (subject to hydrolysis) is 1. The number of pyridine rings is 1. The van der Waals surface area contributed by atoms with Gasteiger partial charge in [0.15, 0.2) is 14.0 Å². The van der Waals surface area contributed by atoms with E-state index in [-0.39, 0.29) is 23.9 Å². The molecule has 2 heterocycles. The SMILES string of the molecule is CC(C)(C)OC(=O)NCc1nn(-c2ccc(OC(F)(F)F)cc2)c2nccc(OCCO[Si](C)(C)C(C)(C)C)c12. The summed E-state index contributed by atoms with van der Waals surface area (Å²) in [4.78, 5) is 16.8. The molecule has 0 aliphatic carbocycles. The topological polar surface area (TPSA) is 96.7 Å². The van der Waals surface area contributed by atoms with Crippen molar-refractivity contribution in [3.05, 3.63) is 42.2 Å². The van der Waals surface area contributed by atoms with Gasteiger partial charge >= 0.3 is 12.5 Å². The molecule has 0 unspecified atom stereocenters. The molecule has 9 nitrogen and oxygen atoms in total. The molecule has 0 spiro atoms. The molecule has 0 aliphatic rings. The van der Waals surface area contributed by atoms with Gasteiger partial charge < -0.3 is 24.0 Å². The summed E-state index contributed by atoms with van der Waals surface area (Å²) in [5.41, 5.74) is 0.582. The summed E-state index contributed by atoms with van der Waals surface area (Å²) in [6.45, 7) is 16.7. The first kappa shape index (κ1) is 31.2. The minimum atomic E-state index is -4.80. The van der Waals surface area contributed by atoms with E-state index in [1.54, 1.807) is 33.0 Å². The molecule has 0 saturated heterocycles. The van der Waals surface area contributed by atoms with Crippen LogP contribution in [0, 0.1) is 0 Å². The van der Waals surface area contributed by atoms with Gasteiger partial charge in [0.1, 0.15) is 23.7 Å². The van der Waals surface area contributed by atoms with Crippen molar-refractivity contribution in [2.75, 3.05) is 13.2 Å². The first-order valence-corrected chi connectivity index (χ1v) is 15.7. The Morgan fingerprint density at radius 1 is 1.00 bits per heavy atom. The minimum Gasteiger partial charge on any atom is -0.490 e. The van der Waals surface area contributed by atoms with Crippen LogP contribution in [0.2, 0.25) is 18.1 Å². The summed E-state index contributed by atoms with van der Waals surface area (Å²) in [6, 6.07) is 6.93. The van der Waals surface area contributed by atoms with E-state index in [0.29, 0.717) is 34.8 Å². The van der Waals surface area contributed by atoms with Crippen LogP contribution in [0.3, 0.4) is 0 Å². The molecule has 1 aromatic carbocycles. The fraction of sp³-hybridized carbons (Fsp3) is 0.519. The highest BCUT2D eigenvalue weighted by Gasteiger charge is 2.37. The second-order valence-corrected chi connectivity index (χ2v) is 16.5. The van der Waals surface area contributed by atoms with Crippen molar-refractivity contribution in [2.24, 2.45) is 0 Å². The van der Waals surface area contributed by atoms with E-state index in [4.69, 9.17) is 13.9 Å². The van der Waals surface area contributed by atoms with E-state index in [1.165, 1.54) is 28.9 Å². The number of halogens is 3. The molecule has 1 amide bonds. The Balaban J connectivity index is 1.91. The van der Waals surface area contributed by atoms with Crippen molar-refractivity contribution in [3.63, 3.8) is 0 Å². The van der Waals surface area contributed by atoms with Gasteiger partial charge in [0.05, 0.1) is 29.9 Å². The molecule has 3 rings (SSSR count). The lowest BCUT2D eigenvalue weighted by molar-refractivity contribution is -0.274. The van der Waals surface area contributed by atoms with Crippen LogP contribution in [0.5, 0.6) is 11.5 Å². The fourth-order valence-electron chi connectivity index (χ4n) is 3.43. The number of hydrogen-bond donors (Lipinski definition) is 1. The van der Waals surface area contributed by atoms with Gasteiger partial charge in [-0.15, -0.1) is 13.2 Å². The quantitative estimate of drug-likeness (QED) is 0.220. The predicted octanol–water partition coefficient (Wildman–Crippen LogP) is 6.74. The average Bonchev–Trinajstić information content (AvgIpc) is 3.17. The molecule has 40 heavy (non-hydrogen) atoms. The van der Waals surface area contributed by atoms with E-state index in [0.717, 1.165) is 0 Å². The molecule has 13 heteroatoms. The van der Waals surface area contributed by atoms with E-state index in [1.807, 2.05) is 0 Å². The molecule has 2 aromatic heterocycles. The number of hydrogen-bond acceptors (Lipinski definition) is 7. The Hall–Kier alpha value is -3.32. The number of nitrogens with zero attached hydrogens (tertiary/aromatic N) is 3. The molecule has 0 aliphatic heterocycles. The zero-order valence-electron chi connectivity index (χ0n) is 24.1. The first-order chi connectivity index (χ1) is 18.4. The van der Waals surface area contributed by atoms with Crippen LogP contribution in [-0.2, 0) is 15.7 Å². The maximum Gasteiger partial charge on any atom is 0.573 e. The predicted molar refractivity (Wildman–Crippen MR) is 147 cm³/mol.